The van der Waals surface area contributed by atoms with Gasteiger partial charge >= 0.3 is 0 Å². The van der Waals surface area contributed by atoms with Crippen molar-refractivity contribution in [2.24, 2.45) is 7.05 Å². The van der Waals surface area contributed by atoms with Crippen LogP contribution >= 0.6 is 11.3 Å². The Morgan fingerprint density at radius 3 is 2.93 bits per heavy atom. The van der Waals surface area contributed by atoms with Crippen LogP contribution in [-0.4, -0.2) is 34.5 Å². The molecule has 0 atom stereocenters. The fraction of sp³-hybridized carbons (Fsp3) is 0.211. The van der Waals surface area contributed by atoms with Crippen LogP contribution in [0.4, 0.5) is 5.82 Å². The molecule has 0 saturated heterocycles. The Morgan fingerprint density at radius 1 is 1.24 bits per heavy atom. The van der Waals surface area contributed by atoms with Crippen molar-refractivity contribution in [3.8, 4) is 0 Å². The minimum Gasteiger partial charge on any atom is -0.384 e. The second-order valence-corrected chi connectivity index (χ2v) is 7.90. The van der Waals surface area contributed by atoms with Crippen LogP contribution in [0, 0.1) is 0 Å². The molecule has 3 N–H and O–H groups in total. The highest BCUT2D eigenvalue weighted by Crippen LogP contribution is 2.31. The third-order valence-electron chi connectivity index (χ3n) is 4.88. The fourth-order valence-corrected chi connectivity index (χ4v) is 4.60. The largest absolute Gasteiger partial charge is 0.384 e. The Kier molecular flexibility index (Phi) is 4.13. The molecule has 10 heteroatoms. The van der Waals surface area contributed by atoms with Gasteiger partial charge in [-0.15, -0.1) is 11.3 Å². The number of aromatic amines is 1. The predicted molar refractivity (Wildman–Crippen MR) is 112 cm³/mol. The van der Waals surface area contributed by atoms with Gasteiger partial charge in [0, 0.05) is 42.9 Å². The molecular weight excluding hydrogens is 388 g/mol. The fourth-order valence-electron chi connectivity index (χ4n) is 3.47. The quantitative estimate of drug-likeness (QED) is 0.460. The summed E-state index contributed by atoms with van der Waals surface area (Å²) in [5.74, 6) is 0.470. The average Bonchev–Trinajstić information content (AvgIpc) is 3.41. The number of aryl methyl sites for hydroxylation is 3. The third kappa shape index (κ3) is 3.07. The number of hydrogen-bond acceptors (Lipinski definition) is 7. The zero-order valence-electron chi connectivity index (χ0n) is 15.7. The number of fused-ring (bicyclic) bond motifs is 3. The maximum Gasteiger partial charge on any atom is 0.291 e. The van der Waals surface area contributed by atoms with E-state index in [2.05, 4.69) is 20.3 Å². The number of aromatic nitrogens is 7. The summed E-state index contributed by atoms with van der Waals surface area (Å²) in [6.45, 7) is 0.433. The minimum absolute atomic E-state index is 0.130. The van der Waals surface area contributed by atoms with Crippen LogP contribution < -0.4 is 11.3 Å². The van der Waals surface area contributed by atoms with E-state index in [4.69, 9.17) is 10.7 Å². The van der Waals surface area contributed by atoms with Gasteiger partial charge in [-0.3, -0.25) is 9.89 Å². The van der Waals surface area contributed by atoms with Crippen LogP contribution in [0.15, 0.2) is 41.5 Å². The van der Waals surface area contributed by atoms with E-state index in [1.807, 2.05) is 29.8 Å². The lowest BCUT2D eigenvalue weighted by molar-refractivity contribution is 0.577. The van der Waals surface area contributed by atoms with Crippen molar-refractivity contribution in [2.45, 2.75) is 19.4 Å². The number of nitrogen functional groups attached to an aromatic ring is 1. The van der Waals surface area contributed by atoms with Crippen LogP contribution in [0.25, 0.3) is 21.3 Å². The van der Waals surface area contributed by atoms with Gasteiger partial charge in [0.15, 0.2) is 5.65 Å². The van der Waals surface area contributed by atoms with Crippen molar-refractivity contribution in [2.75, 3.05) is 5.73 Å². The summed E-state index contributed by atoms with van der Waals surface area (Å²) >= 11 is 1.58. The van der Waals surface area contributed by atoms with Gasteiger partial charge in [0.1, 0.15) is 16.3 Å². The molecular formula is C19H18N8OS. The number of anilines is 1. The topological polar surface area (TPSA) is 120 Å². The molecule has 5 aromatic rings. The lowest BCUT2D eigenvalue weighted by Gasteiger charge is -2.06. The summed E-state index contributed by atoms with van der Waals surface area (Å²) in [5, 5.41) is 13.1. The first kappa shape index (κ1) is 17.6. The van der Waals surface area contributed by atoms with E-state index in [0.29, 0.717) is 30.7 Å². The zero-order valence-corrected chi connectivity index (χ0v) is 16.5. The van der Waals surface area contributed by atoms with Gasteiger partial charge in [-0.05, 0) is 18.2 Å². The molecule has 0 aliphatic heterocycles. The normalized spacial score (nSPS) is 11.6. The van der Waals surface area contributed by atoms with E-state index < -0.39 is 0 Å². The number of pyridine rings is 1. The van der Waals surface area contributed by atoms with Gasteiger partial charge < -0.3 is 10.3 Å². The number of H-pyrrole nitrogens is 1. The number of nitrogens with one attached hydrogen (secondary N) is 1. The summed E-state index contributed by atoms with van der Waals surface area (Å²) < 4.78 is 4.31. The SMILES string of the molecule is Cn1c2nc(Cc3ccn[nH]3)sc2c2cnn(CCc3cccc(N)n3)c(=O)c21. The summed E-state index contributed by atoms with van der Waals surface area (Å²) in [7, 11) is 1.87. The van der Waals surface area contributed by atoms with Crippen LogP contribution in [-0.2, 0) is 26.4 Å². The first-order valence-electron chi connectivity index (χ1n) is 9.14. The molecule has 0 radical (unpaired) electrons. The van der Waals surface area contributed by atoms with E-state index in [9.17, 15) is 4.79 Å². The number of rotatable bonds is 5. The molecule has 0 unspecified atom stereocenters. The van der Waals surface area contributed by atoms with Crippen molar-refractivity contribution < 1.29 is 0 Å². The molecule has 9 nitrogen and oxygen atoms in total. The monoisotopic (exact) mass is 406 g/mol. The molecule has 0 aliphatic rings. The standard InChI is InChI=1S/C19H18N8OS/c1-26-16-13(17-18(26)24-15(29-17)9-12-5-7-21-25-12)10-22-27(19(16)28)8-6-11-3-2-4-14(20)23-11/h2-5,7,10H,6,8-9H2,1H3,(H2,20,23)(H,21,25). The lowest BCUT2D eigenvalue weighted by Crippen LogP contribution is -2.25. The number of nitrogens with two attached hydrogens (primary N) is 1. The van der Waals surface area contributed by atoms with E-state index in [0.717, 1.165) is 32.1 Å². The molecule has 0 amide bonds. The number of hydrogen-bond donors (Lipinski definition) is 2. The van der Waals surface area contributed by atoms with Gasteiger partial charge in [0.05, 0.1) is 17.4 Å². The lowest BCUT2D eigenvalue weighted by atomic mass is 10.2. The summed E-state index contributed by atoms with van der Waals surface area (Å²) in [4.78, 5) is 22.1. The molecule has 5 rings (SSSR count). The highest BCUT2D eigenvalue weighted by molar-refractivity contribution is 7.19. The summed E-state index contributed by atoms with van der Waals surface area (Å²) in [6.07, 6.45) is 4.74. The predicted octanol–water partition coefficient (Wildman–Crippen LogP) is 1.88. The Labute approximate surface area is 168 Å². The average molecular weight is 406 g/mol. The van der Waals surface area contributed by atoms with E-state index in [-0.39, 0.29) is 5.56 Å². The van der Waals surface area contributed by atoms with E-state index >= 15 is 0 Å². The van der Waals surface area contributed by atoms with Gasteiger partial charge in [-0.25, -0.2) is 14.6 Å². The van der Waals surface area contributed by atoms with Crippen LogP contribution in [0.5, 0.6) is 0 Å². The molecule has 29 heavy (non-hydrogen) atoms. The van der Waals surface area contributed by atoms with Crippen LogP contribution in [0.2, 0.25) is 0 Å². The van der Waals surface area contributed by atoms with Gasteiger partial charge in [-0.2, -0.15) is 10.2 Å². The maximum atomic E-state index is 13.0. The molecule has 0 spiro atoms. The van der Waals surface area contributed by atoms with Crippen molar-refractivity contribution in [3.05, 3.63) is 63.4 Å². The van der Waals surface area contributed by atoms with Crippen molar-refractivity contribution in [1.29, 1.82) is 0 Å². The Bertz CT molecular complexity index is 1380. The summed E-state index contributed by atoms with van der Waals surface area (Å²) in [5.41, 5.74) is 8.84. The number of thiazole rings is 1. The van der Waals surface area contributed by atoms with Crippen molar-refractivity contribution in [1.82, 2.24) is 34.5 Å². The Morgan fingerprint density at radius 2 is 2.14 bits per heavy atom. The summed E-state index contributed by atoms with van der Waals surface area (Å²) in [6, 6.07) is 7.42. The molecule has 0 bridgehead atoms. The molecule has 146 valence electrons. The molecule has 5 heterocycles. The molecule has 5 aromatic heterocycles. The van der Waals surface area contributed by atoms with Crippen LogP contribution in [0.1, 0.15) is 16.4 Å². The highest BCUT2D eigenvalue weighted by Gasteiger charge is 2.18. The van der Waals surface area contributed by atoms with E-state index in [1.54, 1.807) is 29.8 Å². The Balaban J connectivity index is 1.50. The number of nitrogens with zero attached hydrogens (tertiary/aromatic N) is 6. The van der Waals surface area contributed by atoms with Gasteiger partial charge in [0.25, 0.3) is 5.56 Å². The second-order valence-electron chi connectivity index (χ2n) is 6.82. The zero-order chi connectivity index (χ0) is 20.0. The van der Waals surface area contributed by atoms with Crippen LogP contribution in [0.3, 0.4) is 0 Å². The second kappa shape index (κ2) is 6.82. The maximum absolute atomic E-state index is 13.0. The smallest absolute Gasteiger partial charge is 0.291 e. The molecule has 0 saturated carbocycles. The molecule has 0 fully saturated rings. The third-order valence-corrected chi connectivity index (χ3v) is 5.96. The minimum atomic E-state index is -0.130. The van der Waals surface area contributed by atoms with Gasteiger partial charge in [0.2, 0.25) is 0 Å². The van der Waals surface area contributed by atoms with Crippen molar-refractivity contribution >= 4 is 38.4 Å². The molecule has 0 aliphatic carbocycles. The first-order chi connectivity index (χ1) is 14.1. The first-order valence-corrected chi connectivity index (χ1v) is 9.95. The van der Waals surface area contributed by atoms with Gasteiger partial charge in [-0.1, -0.05) is 6.07 Å². The van der Waals surface area contributed by atoms with E-state index in [1.165, 1.54) is 4.68 Å². The molecule has 0 aromatic carbocycles. The highest BCUT2D eigenvalue weighted by atomic mass is 32.1. The Hall–Kier alpha value is -3.53. The van der Waals surface area contributed by atoms with Crippen molar-refractivity contribution in [3.63, 3.8) is 0 Å².